The molecule has 2 amide bonds. The number of rotatable bonds is 15. The minimum Gasteiger partial charge on any atom is -0.431 e. The van der Waals surface area contributed by atoms with Gasteiger partial charge in [0.1, 0.15) is 28.9 Å². The summed E-state index contributed by atoms with van der Waals surface area (Å²) in [6.07, 6.45) is 6.90. The molecule has 1 aliphatic carbocycles. The Morgan fingerprint density at radius 1 is 0.896 bits per heavy atom. The van der Waals surface area contributed by atoms with E-state index in [0.29, 0.717) is 23.8 Å². The van der Waals surface area contributed by atoms with E-state index in [0.717, 1.165) is 46.4 Å². The highest BCUT2D eigenvalue weighted by Crippen LogP contribution is 2.43. The van der Waals surface area contributed by atoms with Crippen LogP contribution in [0.2, 0.25) is 0 Å². The number of carbonyl (C=O) groups excluding carboxylic acids is 4. The average Bonchev–Trinajstić information content (AvgIpc) is 3.77. The number of benzene rings is 3. The van der Waals surface area contributed by atoms with Gasteiger partial charge in [0.25, 0.3) is 11.8 Å². The van der Waals surface area contributed by atoms with Crippen molar-refractivity contribution < 1.29 is 38.2 Å². The van der Waals surface area contributed by atoms with Gasteiger partial charge in [-0.25, -0.2) is 14.6 Å². The monoisotopic (exact) mass is 940 g/mol. The first-order chi connectivity index (χ1) is 32.4. The summed E-state index contributed by atoms with van der Waals surface area (Å²) in [5.41, 5.74) is 8.09. The lowest BCUT2D eigenvalue weighted by Crippen LogP contribution is -2.71. The van der Waals surface area contributed by atoms with E-state index in [9.17, 15) is 19.2 Å². The number of amides is 2. The molecule has 2 aromatic heterocycles. The second-order valence-electron chi connectivity index (χ2n) is 17.1. The zero-order valence-electron chi connectivity index (χ0n) is 37.5. The van der Waals surface area contributed by atoms with Crippen molar-refractivity contribution in [1.82, 2.24) is 20.2 Å². The van der Waals surface area contributed by atoms with Crippen LogP contribution in [0, 0.1) is 17.8 Å². The minimum absolute atomic E-state index is 0.0490. The molecule has 67 heavy (non-hydrogen) atoms. The molecule has 8 rings (SSSR count). The van der Waals surface area contributed by atoms with Gasteiger partial charge in [0.15, 0.2) is 10.8 Å². The highest BCUT2D eigenvalue weighted by molar-refractivity contribution is 8.00. The second kappa shape index (κ2) is 20.8. The number of nitrogens with zero attached hydrogens (tertiary/aromatic N) is 4. The van der Waals surface area contributed by atoms with Crippen LogP contribution in [0.4, 0.5) is 9.93 Å². The SMILES string of the molecule is CC(OC(=O)O[C@@H]1C[C@H](C)CC[C@H]1C(C)C)OC(=O)C1=C(/C=C\c2cccnc2)CS[C@@H]2[C@H](NC(=O)/C(=N/OC(c3ccccc3)(c3ccccc3)c3ccccc3)c3csc(N)n3)C(=O)N12. The second-order valence-corrected chi connectivity index (χ2v) is 19.1. The zero-order chi connectivity index (χ0) is 47.1. The molecule has 1 saturated heterocycles. The smallest absolute Gasteiger partial charge is 0.431 e. The molecule has 2 aliphatic heterocycles. The van der Waals surface area contributed by atoms with Crippen molar-refractivity contribution in [3.63, 3.8) is 0 Å². The summed E-state index contributed by atoms with van der Waals surface area (Å²) in [4.78, 5) is 72.6. The van der Waals surface area contributed by atoms with Crippen LogP contribution in [0.3, 0.4) is 0 Å². The van der Waals surface area contributed by atoms with Crippen molar-refractivity contribution in [3.8, 4) is 0 Å². The Balaban J connectivity index is 1.06. The number of thioether (sulfide) groups is 1. The molecule has 3 aliphatic rings. The van der Waals surface area contributed by atoms with Gasteiger partial charge in [0.05, 0.1) is 0 Å². The van der Waals surface area contributed by atoms with Crippen LogP contribution in [0.25, 0.3) is 6.08 Å². The number of nitrogen functional groups attached to an aromatic ring is 1. The first kappa shape index (κ1) is 46.7. The lowest BCUT2D eigenvalue weighted by Gasteiger charge is -2.49. The van der Waals surface area contributed by atoms with E-state index in [1.807, 2.05) is 97.1 Å². The Morgan fingerprint density at radius 3 is 2.13 bits per heavy atom. The molecular weight excluding hydrogens is 889 g/mol. The number of ether oxygens (including phenoxy) is 3. The Bertz CT molecular complexity index is 2550. The molecule has 346 valence electrons. The normalized spacial score (nSPS) is 21.3. The number of carbonyl (C=O) groups is 4. The van der Waals surface area contributed by atoms with Crippen LogP contribution < -0.4 is 11.1 Å². The molecule has 0 spiro atoms. The van der Waals surface area contributed by atoms with E-state index in [1.165, 1.54) is 23.6 Å². The largest absolute Gasteiger partial charge is 0.511 e. The van der Waals surface area contributed by atoms with Crippen molar-refractivity contribution in [3.05, 3.63) is 166 Å². The number of oxime groups is 1. The molecule has 1 unspecified atom stereocenters. The lowest BCUT2D eigenvalue weighted by molar-refractivity contribution is -0.170. The molecule has 5 aromatic rings. The number of hydrogen-bond donors (Lipinski definition) is 2. The van der Waals surface area contributed by atoms with Gasteiger partial charge >= 0.3 is 12.1 Å². The van der Waals surface area contributed by atoms with E-state index in [-0.39, 0.29) is 40.0 Å². The van der Waals surface area contributed by atoms with Gasteiger partial charge in [-0.05, 0) is 47.8 Å². The fourth-order valence-electron chi connectivity index (χ4n) is 8.80. The number of anilines is 1. The molecule has 3 N–H and O–H groups in total. The number of nitrogens with one attached hydrogen (secondary N) is 1. The molecule has 0 bridgehead atoms. The van der Waals surface area contributed by atoms with E-state index in [4.69, 9.17) is 24.8 Å². The third kappa shape index (κ3) is 10.3. The van der Waals surface area contributed by atoms with Crippen molar-refractivity contribution in [1.29, 1.82) is 0 Å². The molecular formula is C51H52N6O8S2. The summed E-state index contributed by atoms with van der Waals surface area (Å²) in [5, 5.41) is 8.49. The summed E-state index contributed by atoms with van der Waals surface area (Å²) in [5.74, 6) is -1.08. The zero-order valence-corrected chi connectivity index (χ0v) is 39.2. The predicted molar refractivity (Wildman–Crippen MR) is 257 cm³/mol. The highest BCUT2D eigenvalue weighted by Gasteiger charge is 2.55. The molecule has 14 nitrogen and oxygen atoms in total. The fraction of sp³-hybridized carbons (Fsp3) is 0.314. The quantitative estimate of drug-likeness (QED) is 0.0255. The molecule has 6 atom stereocenters. The van der Waals surface area contributed by atoms with Crippen LogP contribution in [0.1, 0.15) is 74.9 Å². The highest BCUT2D eigenvalue weighted by atomic mass is 32.2. The van der Waals surface area contributed by atoms with Crippen LogP contribution in [0.5, 0.6) is 0 Å². The summed E-state index contributed by atoms with van der Waals surface area (Å²) < 4.78 is 17.0. The Morgan fingerprint density at radius 2 is 1.55 bits per heavy atom. The first-order valence-electron chi connectivity index (χ1n) is 22.2. The van der Waals surface area contributed by atoms with Crippen molar-refractivity contribution >= 4 is 64.0 Å². The van der Waals surface area contributed by atoms with Gasteiger partial charge in [0, 0.05) is 47.1 Å². The van der Waals surface area contributed by atoms with Crippen molar-refractivity contribution in [2.75, 3.05) is 11.5 Å². The number of pyridine rings is 1. The molecule has 4 heterocycles. The van der Waals surface area contributed by atoms with E-state index >= 15 is 0 Å². The molecule has 3 aromatic carbocycles. The van der Waals surface area contributed by atoms with Gasteiger partial charge < -0.3 is 30.1 Å². The first-order valence-corrected chi connectivity index (χ1v) is 24.1. The van der Waals surface area contributed by atoms with E-state index in [2.05, 4.69) is 41.2 Å². The molecule has 16 heteroatoms. The number of β-lactam (4-membered cyclic amide) rings is 1. The summed E-state index contributed by atoms with van der Waals surface area (Å²) in [7, 11) is 0. The average molecular weight is 941 g/mol. The minimum atomic E-state index is -1.35. The molecule has 1 saturated carbocycles. The Labute approximate surface area is 397 Å². The standard InChI is InChI=1S/C51H52N6O8S2/c1-31(2)39-25-22-32(3)27-41(39)64-50(61)63-33(4)62-48(60)44-35(24-23-34-15-14-26-53-28-34)29-66-47-43(46(59)57(44)47)55-45(58)42(40-30-67-49(52)54-40)56-65-51(36-16-8-5-9-17-36,37-18-10-6-11-19-37)38-20-12-7-13-21-38/h5-21,23-24,26,28,30-33,39,41,43,47H,22,25,27,29H2,1-4H3,(H2,52,54)(H,55,58)/b24-23-,56-42+/t32-,33?,39+,41-,43-,47-/m1/s1. The van der Waals surface area contributed by atoms with Crippen LogP contribution in [-0.4, -0.2) is 74.1 Å². The van der Waals surface area contributed by atoms with E-state index < -0.39 is 47.2 Å². The third-order valence-electron chi connectivity index (χ3n) is 12.2. The Hall–Kier alpha value is -6.78. The number of aromatic nitrogens is 2. The lowest BCUT2D eigenvalue weighted by atomic mass is 9.75. The van der Waals surface area contributed by atoms with Gasteiger partial charge in [-0.2, -0.15) is 0 Å². The molecule has 0 radical (unpaired) electrons. The van der Waals surface area contributed by atoms with Crippen molar-refractivity contribution in [2.24, 2.45) is 22.9 Å². The van der Waals surface area contributed by atoms with Gasteiger partial charge in [0.2, 0.25) is 11.9 Å². The van der Waals surface area contributed by atoms with Gasteiger partial charge in [-0.15, -0.1) is 23.1 Å². The van der Waals surface area contributed by atoms with Gasteiger partial charge in [-0.1, -0.05) is 142 Å². The molecule has 2 fully saturated rings. The van der Waals surface area contributed by atoms with Crippen LogP contribution >= 0.6 is 23.1 Å². The number of hydrogen-bond acceptors (Lipinski definition) is 14. The van der Waals surface area contributed by atoms with Crippen LogP contribution in [0.15, 0.2) is 143 Å². The Kier molecular flexibility index (Phi) is 14.5. The maximum absolute atomic E-state index is 14.5. The number of thiazole rings is 1. The van der Waals surface area contributed by atoms with Crippen LogP contribution in [-0.2, 0) is 39.0 Å². The fourth-order valence-corrected chi connectivity index (χ4v) is 10.7. The third-order valence-corrected chi connectivity index (χ3v) is 14.2. The summed E-state index contributed by atoms with van der Waals surface area (Å²) in [6.45, 7) is 7.77. The summed E-state index contributed by atoms with van der Waals surface area (Å²) >= 11 is 2.47. The number of esters is 1. The maximum atomic E-state index is 14.5. The maximum Gasteiger partial charge on any atom is 0.511 e. The van der Waals surface area contributed by atoms with Crippen molar-refractivity contribution in [2.45, 2.75) is 76.4 Å². The van der Waals surface area contributed by atoms with E-state index in [1.54, 1.807) is 36.0 Å². The predicted octanol–water partition coefficient (Wildman–Crippen LogP) is 8.70. The number of allylic oxidation sites excluding steroid dienone is 1. The number of fused-ring (bicyclic) bond motifs is 1. The summed E-state index contributed by atoms with van der Waals surface area (Å²) in [6, 6.07) is 31.2. The number of nitrogens with two attached hydrogens (primary N) is 1. The topological polar surface area (TPSA) is 185 Å². The van der Waals surface area contributed by atoms with Gasteiger partial charge in [-0.3, -0.25) is 19.5 Å².